The van der Waals surface area contributed by atoms with Gasteiger partial charge < -0.3 is 0 Å². The molecule has 28 heavy (non-hydrogen) atoms. The normalized spacial score (nSPS) is 13.7. The van der Waals surface area contributed by atoms with Gasteiger partial charge in [-0.15, -0.1) is 0 Å². The Balaban J connectivity index is 2.34. The summed E-state index contributed by atoms with van der Waals surface area (Å²) in [7, 11) is 7.14. The maximum Gasteiger partial charge on any atom is 0.151 e. The van der Waals surface area contributed by atoms with E-state index < -0.39 is 31.7 Å². The maximum absolute atomic E-state index is 14.9. The Morgan fingerprint density at radius 2 is 1.00 bits per heavy atom. The van der Waals surface area contributed by atoms with Gasteiger partial charge in [0.05, 0.1) is 9.79 Å². The van der Waals surface area contributed by atoms with Gasteiger partial charge in [0.1, 0.15) is 11.6 Å². The average Bonchev–Trinajstić information content (AvgIpc) is 2.65. The number of rotatable bonds is 3. The van der Waals surface area contributed by atoms with Crippen LogP contribution in [0.3, 0.4) is 0 Å². The first kappa shape index (κ1) is 19.5. The highest BCUT2D eigenvalue weighted by atomic mass is 35.7. The van der Waals surface area contributed by atoms with E-state index in [-0.39, 0.29) is 20.9 Å². The van der Waals surface area contributed by atoms with Gasteiger partial charge in [0.15, 0.2) is 20.0 Å². The van der Waals surface area contributed by atoms with Gasteiger partial charge in [0.2, 0.25) is 0 Å². The smallest absolute Gasteiger partial charge is 0.151 e. The van der Waals surface area contributed by atoms with E-state index in [0.29, 0.717) is 21.5 Å². The van der Waals surface area contributed by atoms with Crippen molar-refractivity contribution in [1.29, 1.82) is 0 Å². The Morgan fingerprint density at radius 1 is 0.643 bits per heavy atom. The first-order valence-corrected chi connectivity index (χ1v) is 11.9. The minimum absolute atomic E-state index is 0.114. The molecule has 0 N–H and O–H groups in total. The molecule has 4 aromatic carbocycles. The molecule has 0 amide bonds. The van der Waals surface area contributed by atoms with Crippen LogP contribution in [0, 0.1) is 11.6 Å². The van der Waals surface area contributed by atoms with Crippen LogP contribution in [0.5, 0.6) is 0 Å². The molecule has 142 valence electrons. The molecule has 0 aliphatic heterocycles. The van der Waals surface area contributed by atoms with Crippen LogP contribution in [0.25, 0.3) is 32.7 Å². The van der Waals surface area contributed by atoms with E-state index in [1.165, 1.54) is 12.1 Å². The van der Waals surface area contributed by atoms with Crippen LogP contribution in [0.4, 0.5) is 8.78 Å². The Hall–Kier alpha value is -1.86. The minimum Gasteiger partial charge on any atom is -0.237 e. The number of benzene rings is 4. The molecule has 0 radical (unpaired) electrons. The second-order valence-corrected chi connectivity index (χ2v) is 9.41. The number of fused-ring (bicyclic) bond motifs is 2. The Labute approximate surface area is 173 Å². The first-order valence-electron chi connectivity index (χ1n) is 7.99. The van der Waals surface area contributed by atoms with Crippen molar-refractivity contribution in [3.8, 4) is 11.1 Å². The summed E-state index contributed by atoms with van der Waals surface area (Å²) in [5.41, 5.74) is 0.229. The zero-order valence-corrected chi connectivity index (χ0v) is 17.1. The highest BCUT2D eigenvalue weighted by molar-refractivity contribution is 8.08. The molecular formula is C20H10Cl2F2O2S2. The average molecular weight is 455 g/mol. The van der Waals surface area contributed by atoms with Crippen molar-refractivity contribution in [3.63, 3.8) is 0 Å². The van der Waals surface area contributed by atoms with Gasteiger partial charge in [0.25, 0.3) is 0 Å². The highest BCUT2D eigenvalue weighted by Crippen LogP contribution is 2.44. The molecule has 0 fully saturated rings. The summed E-state index contributed by atoms with van der Waals surface area (Å²) < 4.78 is 54.2. The van der Waals surface area contributed by atoms with Crippen LogP contribution in [0.15, 0.2) is 70.5 Å². The summed E-state index contributed by atoms with van der Waals surface area (Å²) in [5, 5.41) is 1.99. The number of halogens is 4. The molecule has 2 unspecified atom stereocenters. The Morgan fingerprint density at radius 3 is 1.36 bits per heavy atom. The molecule has 2 nitrogen and oxygen atoms in total. The van der Waals surface area contributed by atoms with Crippen LogP contribution in [-0.4, -0.2) is 8.42 Å². The molecule has 2 atom stereocenters. The van der Waals surface area contributed by atoms with Crippen molar-refractivity contribution in [2.75, 3.05) is 0 Å². The van der Waals surface area contributed by atoms with Gasteiger partial charge >= 0.3 is 0 Å². The summed E-state index contributed by atoms with van der Waals surface area (Å²) in [6.45, 7) is 0. The topological polar surface area (TPSA) is 34.1 Å². The standard InChI is InChI=1S/C20H10Cl2F2O2S2/c21-27(25)19-15(23)9-11-5-1-3-7-13(11)17(19)18-14-8-4-2-6-12(14)10-16(24)20(18)28(22)26/h1-10H. The van der Waals surface area contributed by atoms with Crippen LogP contribution in [-0.2, 0) is 20.0 Å². The van der Waals surface area contributed by atoms with Crippen molar-refractivity contribution in [1.82, 2.24) is 0 Å². The van der Waals surface area contributed by atoms with Gasteiger partial charge in [-0.1, -0.05) is 48.5 Å². The molecule has 8 heteroatoms. The zero-order valence-electron chi connectivity index (χ0n) is 13.9. The molecule has 0 saturated heterocycles. The van der Waals surface area contributed by atoms with Crippen LogP contribution in [0.1, 0.15) is 0 Å². The van der Waals surface area contributed by atoms with Gasteiger partial charge in [-0.25, -0.2) is 17.2 Å². The first-order chi connectivity index (χ1) is 13.4. The largest absolute Gasteiger partial charge is 0.237 e. The molecule has 4 aromatic rings. The monoisotopic (exact) mass is 454 g/mol. The molecule has 0 spiro atoms. The SMILES string of the molecule is O=S(Cl)c1c(F)cc2ccccc2c1-c1c(S(=O)Cl)c(F)cc2ccccc12. The lowest BCUT2D eigenvalue weighted by Gasteiger charge is -2.17. The van der Waals surface area contributed by atoms with E-state index in [1.807, 2.05) is 0 Å². The third kappa shape index (κ3) is 3.14. The molecule has 0 aliphatic rings. The maximum atomic E-state index is 14.9. The lowest BCUT2D eigenvalue weighted by molar-refractivity contribution is 0.595. The van der Waals surface area contributed by atoms with Gasteiger partial charge in [-0.05, 0) is 55.0 Å². The minimum atomic E-state index is -2.25. The third-order valence-corrected chi connectivity index (χ3v) is 6.85. The van der Waals surface area contributed by atoms with E-state index >= 15 is 0 Å². The fraction of sp³-hybridized carbons (Fsp3) is 0. The molecule has 0 saturated carbocycles. The zero-order chi connectivity index (χ0) is 20.0. The lowest BCUT2D eigenvalue weighted by atomic mass is 9.93. The summed E-state index contributed by atoms with van der Waals surface area (Å²) in [4.78, 5) is -0.612. The van der Waals surface area contributed by atoms with E-state index in [4.69, 9.17) is 21.4 Å². The van der Waals surface area contributed by atoms with Gasteiger partial charge in [-0.2, -0.15) is 0 Å². The van der Waals surface area contributed by atoms with Crippen molar-refractivity contribution in [2.45, 2.75) is 9.79 Å². The predicted molar refractivity (Wildman–Crippen MR) is 111 cm³/mol. The summed E-state index contributed by atoms with van der Waals surface area (Å²) in [6, 6.07) is 16.0. The van der Waals surface area contributed by atoms with Crippen molar-refractivity contribution in [2.24, 2.45) is 0 Å². The molecular weight excluding hydrogens is 445 g/mol. The summed E-state index contributed by atoms with van der Waals surface area (Å²) >= 11 is 0. The van der Waals surface area contributed by atoms with E-state index in [0.717, 1.165) is 0 Å². The van der Waals surface area contributed by atoms with Crippen LogP contribution < -0.4 is 0 Å². The van der Waals surface area contributed by atoms with Crippen molar-refractivity contribution < 1.29 is 17.2 Å². The van der Waals surface area contributed by atoms with E-state index in [9.17, 15) is 17.2 Å². The van der Waals surface area contributed by atoms with Crippen LogP contribution in [0.2, 0.25) is 0 Å². The van der Waals surface area contributed by atoms with Gasteiger partial charge in [0, 0.05) is 11.1 Å². The van der Waals surface area contributed by atoms with Gasteiger partial charge in [-0.3, -0.25) is 0 Å². The Bertz CT molecular complexity index is 1210. The van der Waals surface area contributed by atoms with Crippen molar-refractivity contribution in [3.05, 3.63) is 72.3 Å². The second kappa shape index (κ2) is 7.52. The molecule has 0 bridgehead atoms. The lowest BCUT2D eigenvalue weighted by Crippen LogP contribution is -2.01. The number of hydrogen-bond donors (Lipinski definition) is 0. The molecule has 0 aliphatic carbocycles. The predicted octanol–water partition coefficient (Wildman–Crippen LogP) is 6.46. The molecule has 0 aromatic heterocycles. The quantitative estimate of drug-likeness (QED) is 0.332. The summed E-state index contributed by atoms with van der Waals surface area (Å²) in [5.74, 6) is -1.61. The Kier molecular flexibility index (Phi) is 5.22. The third-order valence-electron chi connectivity index (χ3n) is 4.48. The molecule has 4 rings (SSSR count). The second-order valence-electron chi connectivity index (χ2n) is 6.01. The highest BCUT2D eigenvalue weighted by Gasteiger charge is 2.26. The fourth-order valence-corrected chi connectivity index (χ4v) is 5.47. The molecule has 0 heterocycles. The van der Waals surface area contributed by atoms with Crippen molar-refractivity contribution >= 4 is 62.9 Å². The summed E-state index contributed by atoms with van der Waals surface area (Å²) in [6.07, 6.45) is 0. The number of hydrogen-bond acceptors (Lipinski definition) is 2. The van der Waals surface area contributed by atoms with Crippen LogP contribution >= 0.6 is 21.4 Å². The fourth-order valence-electron chi connectivity index (χ4n) is 3.40. The van der Waals surface area contributed by atoms with E-state index in [2.05, 4.69) is 0 Å². The van der Waals surface area contributed by atoms with E-state index in [1.54, 1.807) is 48.5 Å².